The molecule has 5 rings (SSSR count). The van der Waals surface area contributed by atoms with Crippen LogP contribution in [0.25, 0.3) is 11.5 Å². The molecule has 1 atom stereocenters. The first-order valence-electron chi connectivity index (χ1n) is 11.4. The fraction of sp³-hybridized carbons (Fsp3) is 0.259. The zero-order valence-electron chi connectivity index (χ0n) is 19.2. The Bertz CT molecular complexity index is 1280. The molecule has 1 aliphatic rings. The number of benzene rings is 3. The summed E-state index contributed by atoms with van der Waals surface area (Å²) in [6.45, 7) is 7.77. The SMILES string of the molecule is Cc1cccc(N2CCN([C@H](c3ccc(Cl)cc3)c3nnc(-c4cccc(F)c4)o3)CC2)c1C. The van der Waals surface area contributed by atoms with Crippen LogP contribution in [0.5, 0.6) is 0 Å². The highest BCUT2D eigenvalue weighted by atomic mass is 35.5. The fourth-order valence-corrected chi connectivity index (χ4v) is 4.66. The molecule has 34 heavy (non-hydrogen) atoms. The number of nitrogens with zero attached hydrogens (tertiary/aromatic N) is 4. The maximum absolute atomic E-state index is 13.7. The Labute approximate surface area is 203 Å². The van der Waals surface area contributed by atoms with Crippen LogP contribution in [0.1, 0.15) is 28.6 Å². The summed E-state index contributed by atoms with van der Waals surface area (Å²) in [4.78, 5) is 4.79. The second-order valence-corrected chi connectivity index (χ2v) is 9.09. The number of halogens is 2. The molecular weight excluding hydrogens is 451 g/mol. The molecule has 1 fully saturated rings. The van der Waals surface area contributed by atoms with Gasteiger partial charge in [0.15, 0.2) is 0 Å². The zero-order chi connectivity index (χ0) is 23.7. The summed E-state index contributed by atoms with van der Waals surface area (Å²) < 4.78 is 19.8. The highest BCUT2D eigenvalue weighted by Crippen LogP contribution is 2.33. The van der Waals surface area contributed by atoms with Gasteiger partial charge < -0.3 is 9.32 Å². The number of hydrogen-bond donors (Lipinski definition) is 0. The molecule has 174 valence electrons. The van der Waals surface area contributed by atoms with E-state index in [1.165, 1.54) is 28.9 Å². The highest BCUT2D eigenvalue weighted by Gasteiger charge is 2.31. The molecule has 1 aromatic heterocycles. The molecule has 5 nitrogen and oxygen atoms in total. The van der Waals surface area contributed by atoms with E-state index in [4.69, 9.17) is 16.0 Å². The third kappa shape index (κ3) is 4.56. The van der Waals surface area contributed by atoms with E-state index >= 15 is 0 Å². The smallest absolute Gasteiger partial charge is 0.247 e. The van der Waals surface area contributed by atoms with Gasteiger partial charge in [-0.1, -0.05) is 41.9 Å². The van der Waals surface area contributed by atoms with Crippen molar-refractivity contribution in [1.82, 2.24) is 15.1 Å². The predicted octanol–water partition coefficient (Wildman–Crippen LogP) is 6.06. The van der Waals surface area contributed by atoms with Crippen LogP contribution in [0.4, 0.5) is 10.1 Å². The van der Waals surface area contributed by atoms with Crippen LogP contribution in [0, 0.1) is 19.7 Å². The van der Waals surface area contributed by atoms with E-state index in [-0.39, 0.29) is 11.9 Å². The van der Waals surface area contributed by atoms with Gasteiger partial charge in [0.2, 0.25) is 11.8 Å². The first-order valence-corrected chi connectivity index (χ1v) is 11.8. The third-order valence-electron chi connectivity index (χ3n) is 6.53. The van der Waals surface area contributed by atoms with Crippen molar-refractivity contribution in [3.8, 4) is 11.5 Å². The molecule has 0 N–H and O–H groups in total. The van der Waals surface area contributed by atoms with Gasteiger partial charge >= 0.3 is 0 Å². The van der Waals surface area contributed by atoms with E-state index in [1.807, 2.05) is 24.3 Å². The largest absolute Gasteiger partial charge is 0.419 e. The van der Waals surface area contributed by atoms with Crippen LogP contribution >= 0.6 is 11.6 Å². The molecule has 0 unspecified atom stereocenters. The normalized spacial score (nSPS) is 15.5. The summed E-state index contributed by atoms with van der Waals surface area (Å²) in [5.74, 6) is 0.457. The summed E-state index contributed by atoms with van der Waals surface area (Å²) in [7, 11) is 0. The lowest BCUT2D eigenvalue weighted by atomic mass is 10.0. The Hall–Kier alpha value is -3.22. The first kappa shape index (κ1) is 22.6. The van der Waals surface area contributed by atoms with E-state index in [9.17, 15) is 4.39 Å². The summed E-state index contributed by atoms with van der Waals surface area (Å²) in [5, 5.41) is 9.27. The topological polar surface area (TPSA) is 45.4 Å². The van der Waals surface area contributed by atoms with Crippen molar-refractivity contribution in [3.63, 3.8) is 0 Å². The molecule has 0 radical (unpaired) electrons. The lowest BCUT2D eigenvalue weighted by molar-refractivity contribution is 0.188. The van der Waals surface area contributed by atoms with Gasteiger partial charge in [-0.25, -0.2) is 4.39 Å². The highest BCUT2D eigenvalue weighted by molar-refractivity contribution is 6.30. The van der Waals surface area contributed by atoms with Crippen molar-refractivity contribution in [3.05, 3.63) is 100 Å². The number of aromatic nitrogens is 2. The van der Waals surface area contributed by atoms with E-state index in [0.717, 1.165) is 31.7 Å². The van der Waals surface area contributed by atoms with Crippen molar-refractivity contribution in [2.45, 2.75) is 19.9 Å². The van der Waals surface area contributed by atoms with Crippen LogP contribution in [0.3, 0.4) is 0 Å². The van der Waals surface area contributed by atoms with Gasteiger partial charge in [0.05, 0.1) is 0 Å². The molecule has 3 aromatic carbocycles. The lowest BCUT2D eigenvalue weighted by Crippen LogP contribution is -2.48. The van der Waals surface area contributed by atoms with Crippen molar-refractivity contribution < 1.29 is 8.81 Å². The van der Waals surface area contributed by atoms with E-state index in [1.54, 1.807) is 12.1 Å². The van der Waals surface area contributed by atoms with Crippen molar-refractivity contribution in [1.29, 1.82) is 0 Å². The van der Waals surface area contributed by atoms with Gasteiger partial charge in [-0.2, -0.15) is 0 Å². The molecule has 7 heteroatoms. The molecule has 0 bridgehead atoms. The molecule has 1 aliphatic heterocycles. The average molecular weight is 477 g/mol. The molecule has 4 aromatic rings. The molecular formula is C27H26ClFN4O. The second kappa shape index (κ2) is 9.57. The maximum atomic E-state index is 13.7. The number of anilines is 1. The second-order valence-electron chi connectivity index (χ2n) is 8.65. The number of hydrogen-bond acceptors (Lipinski definition) is 5. The molecule has 1 saturated heterocycles. The average Bonchev–Trinajstić information content (AvgIpc) is 3.33. The standard InChI is InChI=1S/C27H26ClFN4O/c1-18-5-3-8-24(19(18)2)32-13-15-33(16-14-32)25(20-9-11-22(28)12-10-20)27-31-30-26(34-27)21-6-4-7-23(29)17-21/h3-12,17,25H,13-16H2,1-2H3/t25-/m1/s1. The van der Waals surface area contributed by atoms with E-state index < -0.39 is 0 Å². The monoisotopic (exact) mass is 476 g/mol. The Morgan fingerprint density at radius 3 is 2.38 bits per heavy atom. The van der Waals surface area contributed by atoms with Crippen LogP contribution in [0.15, 0.2) is 71.1 Å². The summed E-state index contributed by atoms with van der Waals surface area (Å²) in [6, 6.07) is 20.2. The van der Waals surface area contributed by atoms with Gasteiger partial charge in [-0.05, 0) is 66.9 Å². The molecule has 2 heterocycles. The van der Waals surface area contributed by atoms with Crippen molar-refractivity contribution in [2.75, 3.05) is 31.1 Å². The maximum Gasteiger partial charge on any atom is 0.247 e. The lowest BCUT2D eigenvalue weighted by Gasteiger charge is -2.39. The Kier molecular flexibility index (Phi) is 6.35. The minimum absolute atomic E-state index is 0.215. The zero-order valence-corrected chi connectivity index (χ0v) is 20.0. The van der Waals surface area contributed by atoms with Crippen LogP contribution in [0.2, 0.25) is 5.02 Å². The number of aryl methyl sites for hydroxylation is 1. The number of rotatable bonds is 5. The summed E-state index contributed by atoms with van der Waals surface area (Å²) in [6.07, 6.45) is 0. The van der Waals surface area contributed by atoms with E-state index in [0.29, 0.717) is 22.4 Å². The minimum Gasteiger partial charge on any atom is -0.419 e. The fourth-order valence-electron chi connectivity index (χ4n) is 4.54. The summed E-state index contributed by atoms with van der Waals surface area (Å²) >= 11 is 6.15. The third-order valence-corrected chi connectivity index (χ3v) is 6.78. The molecule has 0 spiro atoms. The van der Waals surface area contributed by atoms with Crippen LogP contribution < -0.4 is 4.90 Å². The van der Waals surface area contributed by atoms with Crippen LogP contribution in [-0.2, 0) is 0 Å². The Balaban J connectivity index is 1.43. The molecule has 0 amide bonds. The first-order chi connectivity index (χ1) is 16.5. The predicted molar refractivity (Wildman–Crippen MR) is 133 cm³/mol. The van der Waals surface area contributed by atoms with Gasteiger partial charge in [-0.3, -0.25) is 4.90 Å². The number of piperazine rings is 1. The molecule has 0 aliphatic carbocycles. The quantitative estimate of drug-likeness (QED) is 0.350. The minimum atomic E-state index is -0.339. The summed E-state index contributed by atoms with van der Waals surface area (Å²) in [5.41, 5.74) is 5.50. The van der Waals surface area contributed by atoms with Gasteiger partial charge in [-0.15, -0.1) is 10.2 Å². The Morgan fingerprint density at radius 2 is 1.65 bits per heavy atom. The van der Waals surface area contributed by atoms with Crippen molar-refractivity contribution in [2.24, 2.45) is 0 Å². The van der Waals surface area contributed by atoms with Gasteiger partial charge in [0.1, 0.15) is 11.9 Å². The van der Waals surface area contributed by atoms with Gasteiger partial charge in [0, 0.05) is 42.5 Å². The van der Waals surface area contributed by atoms with Crippen LogP contribution in [-0.4, -0.2) is 41.3 Å². The Morgan fingerprint density at radius 1 is 0.912 bits per heavy atom. The van der Waals surface area contributed by atoms with Crippen molar-refractivity contribution >= 4 is 17.3 Å². The van der Waals surface area contributed by atoms with E-state index in [2.05, 4.69) is 52.0 Å². The van der Waals surface area contributed by atoms with Gasteiger partial charge in [0.25, 0.3) is 0 Å². The molecule has 0 saturated carbocycles.